The van der Waals surface area contributed by atoms with Crippen molar-refractivity contribution in [2.75, 3.05) is 5.32 Å². The van der Waals surface area contributed by atoms with Crippen molar-refractivity contribution in [1.29, 1.82) is 5.26 Å². The van der Waals surface area contributed by atoms with Gasteiger partial charge in [-0.2, -0.15) is 10.4 Å². The van der Waals surface area contributed by atoms with Crippen molar-refractivity contribution in [3.05, 3.63) is 58.9 Å². The Labute approximate surface area is 199 Å². The Bertz CT molecular complexity index is 1360. The first-order valence-corrected chi connectivity index (χ1v) is 12.5. The van der Waals surface area contributed by atoms with E-state index < -0.39 is 0 Å². The minimum atomic E-state index is -0.229. The first-order chi connectivity index (χ1) is 16.0. The van der Waals surface area contributed by atoms with Crippen LogP contribution in [0.15, 0.2) is 40.9 Å². The summed E-state index contributed by atoms with van der Waals surface area (Å²) in [5, 5.41) is 25.8. The number of fused-ring (bicyclic) bond motifs is 1. The lowest BCUT2D eigenvalue weighted by Crippen LogP contribution is -2.13. The van der Waals surface area contributed by atoms with E-state index in [1.54, 1.807) is 30.1 Å². The molecule has 5 rings (SSSR count). The van der Waals surface area contributed by atoms with Crippen LogP contribution < -0.4 is 5.32 Å². The quantitative estimate of drug-likeness (QED) is 0.290. The Morgan fingerprint density at radius 1 is 1.30 bits per heavy atom. The summed E-state index contributed by atoms with van der Waals surface area (Å²) in [6, 6.07) is 11.6. The molecule has 0 aliphatic heterocycles. The molecule has 0 bridgehead atoms. The molecule has 1 amide bonds. The maximum Gasteiger partial charge on any atom is 0.258 e. The monoisotopic (exact) mass is 475 g/mol. The van der Waals surface area contributed by atoms with Crippen molar-refractivity contribution in [1.82, 2.24) is 25.0 Å². The molecule has 3 heterocycles. The number of nitrogens with one attached hydrogen (secondary N) is 1. The van der Waals surface area contributed by atoms with Gasteiger partial charge in [0.15, 0.2) is 9.99 Å². The van der Waals surface area contributed by atoms with Crippen LogP contribution in [0.1, 0.15) is 65.8 Å². The fourth-order valence-electron chi connectivity index (χ4n) is 3.50. The lowest BCUT2D eigenvalue weighted by atomic mass is 10.1. The summed E-state index contributed by atoms with van der Waals surface area (Å²) in [4.78, 5) is 18.0. The van der Waals surface area contributed by atoms with Gasteiger partial charge in [0, 0.05) is 23.4 Å². The number of aromatic nitrogens is 5. The molecule has 1 saturated carbocycles. The van der Waals surface area contributed by atoms with Crippen molar-refractivity contribution in [3.8, 4) is 6.07 Å². The number of anilines is 1. The molecule has 0 radical (unpaired) electrons. The summed E-state index contributed by atoms with van der Waals surface area (Å²) in [6.45, 7) is 4.10. The van der Waals surface area contributed by atoms with Crippen LogP contribution in [-0.4, -0.2) is 30.9 Å². The third-order valence-corrected chi connectivity index (χ3v) is 7.43. The van der Waals surface area contributed by atoms with Crippen LogP contribution in [0.25, 0.3) is 11.0 Å². The maximum atomic E-state index is 13.2. The van der Waals surface area contributed by atoms with Crippen molar-refractivity contribution in [2.45, 2.75) is 48.7 Å². The minimum Gasteiger partial charge on any atom is -0.296 e. The van der Waals surface area contributed by atoms with Gasteiger partial charge in [-0.15, -0.1) is 10.2 Å². The molecule has 1 aliphatic rings. The molecule has 4 aromatic rings. The van der Waals surface area contributed by atoms with Crippen LogP contribution in [0.5, 0.6) is 0 Å². The van der Waals surface area contributed by atoms with Gasteiger partial charge >= 0.3 is 0 Å². The number of hydrogen-bond donors (Lipinski definition) is 1. The Morgan fingerprint density at radius 3 is 2.79 bits per heavy atom. The molecular weight excluding hydrogens is 454 g/mol. The van der Waals surface area contributed by atoms with Gasteiger partial charge in [0.25, 0.3) is 5.91 Å². The van der Waals surface area contributed by atoms with Gasteiger partial charge < -0.3 is 0 Å². The Kier molecular flexibility index (Phi) is 5.83. The molecule has 0 atom stereocenters. The Balaban J connectivity index is 1.32. The van der Waals surface area contributed by atoms with Gasteiger partial charge in [0.1, 0.15) is 0 Å². The first kappa shape index (κ1) is 21.6. The molecule has 1 fully saturated rings. The van der Waals surface area contributed by atoms with Crippen LogP contribution in [0.3, 0.4) is 0 Å². The van der Waals surface area contributed by atoms with Gasteiger partial charge in [0.05, 0.1) is 28.8 Å². The number of carbonyl (C=O) groups excluding carboxylic acids is 1. The maximum absolute atomic E-state index is 13.2. The number of nitrogens with zero attached hydrogens (tertiary/aromatic N) is 6. The van der Waals surface area contributed by atoms with Crippen LogP contribution in [-0.2, 0) is 5.75 Å². The standard InChI is InChI=1S/C23H21N7OS2/c1-13(2)30-20-18(11-25-30)17(9-19(26-20)16-7-8-16)21(31)27-22-28-29-23(33-22)32-12-15-5-3-14(10-24)4-6-15/h3-6,9,11,13,16H,7-8,12H2,1-2H3,(H,27,28,31). The zero-order valence-electron chi connectivity index (χ0n) is 18.1. The number of pyridine rings is 1. The highest BCUT2D eigenvalue weighted by atomic mass is 32.2. The highest BCUT2D eigenvalue weighted by Crippen LogP contribution is 2.40. The molecule has 33 heavy (non-hydrogen) atoms. The van der Waals surface area contributed by atoms with Gasteiger partial charge in [-0.3, -0.25) is 10.1 Å². The number of amides is 1. The third kappa shape index (κ3) is 4.60. The smallest absolute Gasteiger partial charge is 0.258 e. The molecule has 1 aliphatic carbocycles. The zero-order valence-corrected chi connectivity index (χ0v) is 19.8. The van der Waals surface area contributed by atoms with Gasteiger partial charge in [-0.1, -0.05) is 35.2 Å². The van der Waals surface area contributed by atoms with E-state index in [9.17, 15) is 4.79 Å². The summed E-state index contributed by atoms with van der Waals surface area (Å²) in [7, 11) is 0. The van der Waals surface area contributed by atoms with Crippen LogP contribution >= 0.6 is 23.1 Å². The van der Waals surface area contributed by atoms with E-state index in [2.05, 4.69) is 40.5 Å². The Morgan fingerprint density at radius 2 is 2.09 bits per heavy atom. The highest BCUT2D eigenvalue weighted by molar-refractivity contribution is 8.00. The number of hydrogen-bond acceptors (Lipinski definition) is 8. The largest absolute Gasteiger partial charge is 0.296 e. The molecule has 3 aromatic heterocycles. The van der Waals surface area contributed by atoms with Crippen molar-refractivity contribution in [3.63, 3.8) is 0 Å². The van der Waals surface area contributed by atoms with E-state index in [4.69, 9.17) is 10.2 Å². The Hall–Kier alpha value is -3.29. The molecule has 166 valence electrons. The summed E-state index contributed by atoms with van der Waals surface area (Å²) in [5.74, 6) is 0.897. The van der Waals surface area contributed by atoms with Gasteiger partial charge in [-0.25, -0.2) is 9.67 Å². The normalized spacial score (nSPS) is 13.4. The average Bonchev–Trinajstić information content (AvgIpc) is 3.43. The second-order valence-corrected chi connectivity index (χ2v) is 10.4. The predicted octanol–water partition coefficient (Wildman–Crippen LogP) is 5.16. The van der Waals surface area contributed by atoms with E-state index in [0.717, 1.165) is 39.5 Å². The fraction of sp³-hybridized carbons (Fsp3) is 0.304. The van der Waals surface area contributed by atoms with Gasteiger partial charge in [0.2, 0.25) is 5.13 Å². The summed E-state index contributed by atoms with van der Waals surface area (Å²) < 4.78 is 2.63. The van der Waals surface area contributed by atoms with Crippen LogP contribution in [0, 0.1) is 11.3 Å². The third-order valence-electron chi connectivity index (χ3n) is 5.39. The average molecular weight is 476 g/mol. The SMILES string of the molecule is CC(C)n1ncc2c(C(=O)Nc3nnc(SCc4ccc(C#N)cc4)s3)cc(C3CC3)nc21. The predicted molar refractivity (Wildman–Crippen MR) is 128 cm³/mol. The highest BCUT2D eigenvalue weighted by Gasteiger charge is 2.28. The lowest BCUT2D eigenvalue weighted by molar-refractivity contribution is 0.102. The molecule has 0 unspecified atom stereocenters. The minimum absolute atomic E-state index is 0.152. The summed E-state index contributed by atoms with van der Waals surface area (Å²) in [5.41, 5.74) is 3.99. The second kappa shape index (κ2) is 8.92. The summed E-state index contributed by atoms with van der Waals surface area (Å²) >= 11 is 2.88. The van der Waals surface area contributed by atoms with E-state index >= 15 is 0 Å². The van der Waals surface area contributed by atoms with Crippen LogP contribution in [0.4, 0.5) is 5.13 Å². The number of nitriles is 1. The molecule has 0 spiro atoms. The lowest BCUT2D eigenvalue weighted by Gasteiger charge is -2.09. The number of rotatable bonds is 7. The number of benzene rings is 1. The van der Waals surface area contributed by atoms with E-state index in [1.165, 1.54) is 11.3 Å². The van der Waals surface area contributed by atoms with E-state index in [1.807, 2.05) is 22.9 Å². The topological polar surface area (TPSA) is 109 Å². The van der Waals surface area contributed by atoms with Crippen molar-refractivity contribution in [2.24, 2.45) is 0 Å². The first-order valence-electron chi connectivity index (χ1n) is 10.7. The van der Waals surface area contributed by atoms with Crippen LogP contribution in [0.2, 0.25) is 0 Å². The second-order valence-electron chi connectivity index (χ2n) is 8.21. The van der Waals surface area contributed by atoms with Crippen molar-refractivity contribution >= 4 is 45.2 Å². The zero-order chi connectivity index (χ0) is 22.9. The fourth-order valence-corrected chi connectivity index (χ4v) is 5.20. The summed E-state index contributed by atoms with van der Waals surface area (Å²) in [6.07, 6.45) is 3.92. The van der Waals surface area contributed by atoms with Crippen molar-refractivity contribution < 1.29 is 4.79 Å². The van der Waals surface area contributed by atoms with E-state index in [-0.39, 0.29) is 11.9 Å². The number of carbonyl (C=O) groups is 1. The molecule has 1 aromatic carbocycles. The molecule has 10 heteroatoms. The van der Waals surface area contributed by atoms with Gasteiger partial charge in [-0.05, 0) is 50.5 Å². The molecule has 1 N–H and O–H groups in total. The molecular formula is C23H21N7OS2. The molecule has 0 saturated heterocycles. The number of thioether (sulfide) groups is 1. The van der Waals surface area contributed by atoms with E-state index in [0.29, 0.717) is 27.9 Å². The molecule has 8 nitrogen and oxygen atoms in total.